The van der Waals surface area contributed by atoms with Crippen LogP contribution in [0.5, 0.6) is 0 Å². The molecule has 0 bridgehead atoms. The van der Waals surface area contributed by atoms with Crippen molar-refractivity contribution in [1.29, 1.82) is 0 Å². The van der Waals surface area contributed by atoms with Gasteiger partial charge in [0.05, 0.1) is 4.92 Å². The minimum atomic E-state index is -1.29. The second-order valence-corrected chi connectivity index (χ2v) is 5.78. The molecular weight excluding hydrogens is 268 g/mol. The Kier molecular flexibility index (Phi) is 3.66. The van der Waals surface area contributed by atoms with E-state index in [1.54, 1.807) is 17.8 Å². The van der Waals surface area contributed by atoms with Gasteiger partial charge in [-0.1, -0.05) is 6.07 Å². The first-order chi connectivity index (χ1) is 8.99. The van der Waals surface area contributed by atoms with Gasteiger partial charge < -0.3 is 10.4 Å². The van der Waals surface area contributed by atoms with Crippen LogP contribution in [0.4, 0.5) is 11.4 Å². The largest absolute Gasteiger partial charge is 0.477 e. The average molecular weight is 282 g/mol. The van der Waals surface area contributed by atoms with Gasteiger partial charge in [0.25, 0.3) is 0 Å². The summed E-state index contributed by atoms with van der Waals surface area (Å²) in [5.41, 5.74) is -0.388. The quantitative estimate of drug-likeness (QED) is 0.615. The molecule has 0 aliphatic heterocycles. The molecule has 19 heavy (non-hydrogen) atoms. The van der Waals surface area contributed by atoms with Crippen LogP contribution in [-0.2, 0) is 0 Å². The number of nitrogens with zero attached hydrogens (tertiary/aromatic N) is 1. The monoisotopic (exact) mass is 282 g/mol. The molecule has 0 spiro atoms. The molecule has 0 aromatic heterocycles. The minimum Gasteiger partial charge on any atom is -0.477 e. The Morgan fingerprint density at radius 2 is 2.26 bits per heavy atom. The number of carbonyl (C=O) groups is 1. The normalized spacial score (nSPS) is 15.8. The number of hydrogen-bond donors (Lipinski definition) is 2. The Bertz CT molecular complexity index is 528. The number of nitro benzene ring substituents is 1. The van der Waals surface area contributed by atoms with Gasteiger partial charge in [0.15, 0.2) is 0 Å². The Morgan fingerprint density at radius 3 is 2.74 bits per heavy atom. The average Bonchev–Trinajstić information content (AvgIpc) is 3.16. The number of benzene rings is 1. The van der Waals surface area contributed by atoms with E-state index in [0.29, 0.717) is 6.54 Å². The van der Waals surface area contributed by atoms with E-state index in [1.165, 1.54) is 12.1 Å². The van der Waals surface area contributed by atoms with Gasteiger partial charge >= 0.3 is 11.7 Å². The van der Waals surface area contributed by atoms with Crippen LogP contribution < -0.4 is 5.32 Å². The van der Waals surface area contributed by atoms with E-state index in [9.17, 15) is 14.9 Å². The van der Waals surface area contributed by atoms with Crippen LogP contribution in [0.15, 0.2) is 18.2 Å². The second-order valence-electron chi connectivity index (χ2n) is 4.50. The lowest BCUT2D eigenvalue weighted by molar-refractivity contribution is -0.384. The lowest BCUT2D eigenvalue weighted by Crippen LogP contribution is -2.18. The summed E-state index contributed by atoms with van der Waals surface area (Å²) in [6.45, 7) is 0.609. The van der Waals surface area contributed by atoms with Gasteiger partial charge in [-0.25, -0.2) is 4.79 Å². The fraction of sp³-hybridized carbons (Fsp3) is 0.417. The van der Waals surface area contributed by atoms with Crippen LogP contribution in [-0.4, -0.2) is 33.5 Å². The number of anilines is 1. The van der Waals surface area contributed by atoms with Crippen molar-refractivity contribution in [3.05, 3.63) is 33.9 Å². The third-order valence-electron chi connectivity index (χ3n) is 3.29. The molecule has 102 valence electrons. The van der Waals surface area contributed by atoms with Crippen LogP contribution >= 0.6 is 11.8 Å². The predicted octanol–water partition coefficient (Wildman–Crippen LogP) is 2.60. The predicted molar refractivity (Wildman–Crippen MR) is 74.0 cm³/mol. The SMILES string of the molecule is CSC1(CNc2cccc(C(=O)O)c2[N+](=O)[O-])CC1. The zero-order valence-corrected chi connectivity index (χ0v) is 11.2. The topological polar surface area (TPSA) is 92.5 Å². The molecule has 1 aromatic rings. The number of carboxylic acids is 1. The number of rotatable bonds is 6. The first-order valence-electron chi connectivity index (χ1n) is 5.79. The first kappa shape index (κ1) is 13.7. The standard InChI is InChI=1S/C12H14N2O4S/c1-19-12(5-6-12)7-13-9-4-2-3-8(11(15)16)10(9)14(17)18/h2-4,13H,5-7H2,1H3,(H,15,16). The number of thioether (sulfide) groups is 1. The lowest BCUT2D eigenvalue weighted by atomic mass is 10.1. The fourth-order valence-electron chi connectivity index (χ4n) is 1.90. The van der Waals surface area contributed by atoms with Gasteiger partial charge in [-0.05, 0) is 31.2 Å². The Labute approximate surface area is 114 Å². The third-order valence-corrected chi connectivity index (χ3v) is 4.71. The van der Waals surface area contributed by atoms with Crippen molar-refractivity contribution < 1.29 is 14.8 Å². The molecule has 0 radical (unpaired) electrons. The highest BCUT2D eigenvalue weighted by molar-refractivity contribution is 8.00. The molecule has 1 aliphatic carbocycles. The molecule has 7 heteroatoms. The molecule has 0 saturated heterocycles. The minimum absolute atomic E-state index is 0.146. The molecule has 0 unspecified atom stereocenters. The van der Waals surface area contributed by atoms with E-state index < -0.39 is 10.9 Å². The van der Waals surface area contributed by atoms with Crippen molar-refractivity contribution in [2.45, 2.75) is 17.6 Å². The van der Waals surface area contributed by atoms with E-state index in [0.717, 1.165) is 12.8 Å². The van der Waals surface area contributed by atoms with Gasteiger partial charge in [-0.3, -0.25) is 10.1 Å². The number of para-hydroxylation sites is 1. The number of nitrogens with one attached hydrogen (secondary N) is 1. The van der Waals surface area contributed by atoms with E-state index in [-0.39, 0.29) is 21.7 Å². The Hall–Kier alpha value is -1.76. The number of carboxylic acid groups (broad SMARTS) is 1. The van der Waals surface area contributed by atoms with Crippen molar-refractivity contribution >= 4 is 29.1 Å². The van der Waals surface area contributed by atoms with Crippen LogP contribution in [0.2, 0.25) is 0 Å². The first-order valence-corrected chi connectivity index (χ1v) is 7.01. The summed E-state index contributed by atoms with van der Waals surface area (Å²) in [5, 5.41) is 23.1. The highest BCUT2D eigenvalue weighted by atomic mass is 32.2. The molecular formula is C12H14N2O4S. The van der Waals surface area contributed by atoms with E-state index in [2.05, 4.69) is 5.32 Å². The summed E-state index contributed by atoms with van der Waals surface area (Å²) in [6.07, 6.45) is 4.16. The van der Waals surface area contributed by atoms with Gasteiger partial charge in [0.1, 0.15) is 11.3 Å². The summed E-state index contributed by atoms with van der Waals surface area (Å²) < 4.78 is 0.146. The number of aromatic carboxylic acids is 1. The second kappa shape index (κ2) is 5.08. The highest BCUT2D eigenvalue weighted by Gasteiger charge is 2.42. The maximum atomic E-state index is 11.1. The lowest BCUT2D eigenvalue weighted by Gasteiger charge is -2.14. The molecule has 1 saturated carbocycles. The van der Waals surface area contributed by atoms with Crippen LogP contribution in [0.25, 0.3) is 0 Å². The van der Waals surface area contributed by atoms with Crippen LogP contribution in [0, 0.1) is 10.1 Å². The zero-order chi connectivity index (χ0) is 14.0. The van der Waals surface area contributed by atoms with Gasteiger partial charge in [-0.2, -0.15) is 11.8 Å². The van der Waals surface area contributed by atoms with Crippen LogP contribution in [0.1, 0.15) is 23.2 Å². The van der Waals surface area contributed by atoms with Gasteiger partial charge in [0, 0.05) is 11.3 Å². The fourth-order valence-corrected chi connectivity index (χ4v) is 2.63. The van der Waals surface area contributed by atoms with E-state index in [1.807, 2.05) is 6.26 Å². The molecule has 2 rings (SSSR count). The van der Waals surface area contributed by atoms with Crippen molar-refractivity contribution in [3.8, 4) is 0 Å². The zero-order valence-electron chi connectivity index (χ0n) is 10.4. The van der Waals surface area contributed by atoms with Crippen molar-refractivity contribution in [3.63, 3.8) is 0 Å². The van der Waals surface area contributed by atoms with Crippen molar-refractivity contribution in [2.75, 3.05) is 18.1 Å². The molecule has 0 heterocycles. The summed E-state index contributed by atoms with van der Waals surface area (Å²) in [7, 11) is 0. The molecule has 2 N–H and O–H groups in total. The molecule has 0 amide bonds. The summed E-state index contributed by atoms with van der Waals surface area (Å²) in [5.74, 6) is -1.29. The smallest absolute Gasteiger partial charge is 0.342 e. The van der Waals surface area contributed by atoms with Gasteiger partial charge in [0.2, 0.25) is 0 Å². The summed E-state index contributed by atoms with van der Waals surface area (Å²) >= 11 is 1.73. The van der Waals surface area contributed by atoms with Crippen LogP contribution in [0.3, 0.4) is 0 Å². The number of hydrogen-bond acceptors (Lipinski definition) is 5. The Balaban J connectivity index is 2.26. The maximum absolute atomic E-state index is 11.1. The molecule has 0 atom stereocenters. The molecule has 1 aromatic carbocycles. The molecule has 6 nitrogen and oxygen atoms in total. The van der Waals surface area contributed by atoms with E-state index >= 15 is 0 Å². The highest BCUT2D eigenvalue weighted by Crippen LogP contribution is 2.47. The van der Waals surface area contributed by atoms with E-state index in [4.69, 9.17) is 5.11 Å². The third kappa shape index (κ3) is 2.81. The molecule has 1 aliphatic rings. The summed E-state index contributed by atoms with van der Waals surface area (Å²) in [6, 6.07) is 4.30. The number of nitro groups is 1. The maximum Gasteiger partial charge on any atom is 0.342 e. The molecule has 1 fully saturated rings. The Morgan fingerprint density at radius 1 is 1.58 bits per heavy atom. The van der Waals surface area contributed by atoms with Gasteiger partial charge in [-0.15, -0.1) is 0 Å². The summed E-state index contributed by atoms with van der Waals surface area (Å²) in [4.78, 5) is 21.4. The van der Waals surface area contributed by atoms with Crippen molar-refractivity contribution in [2.24, 2.45) is 0 Å². The van der Waals surface area contributed by atoms with Crippen molar-refractivity contribution in [1.82, 2.24) is 0 Å².